The van der Waals surface area contributed by atoms with Gasteiger partial charge in [0.05, 0.1) is 0 Å². The number of aryl methyl sites for hydroxylation is 1. The molecular formula is C13H20OS. The summed E-state index contributed by atoms with van der Waals surface area (Å²) in [6.45, 7) is 6.76. The molecular weight excluding hydrogens is 204 g/mol. The third-order valence-corrected chi connectivity index (χ3v) is 3.35. The minimum atomic E-state index is -0.858. The van der Waals surface area contributed by atoms with Crippen molar-refractivity contribution in [3.05, 3.63) is 29.8 Å². The molecule has 1 unspecified atom stereocenters. The molecule has 0 N–H and O–H groups in total. The van der Waals surface area contributed by atoms with E-state index in [1.165, 1.54) is 12.0 Å². The first-order valence-electron chi connectivity index (χ1n) is 5.31. The van der Waals surface area contributed by atoms with Crippen LogP contribution < -0.4 is 0 Å². The van der Waals surface area contributed by atoms with Crippen molar-refractivity contribution in [2.45, 2.75) is 38.5 Å². The largest absolute Gasteiger partial charge is 0.612 e. The number of hydrogen-bond donors (Lipinski definition) is 0. The van der Waals surface area contributed by atoms with E-state index in [4.69, 9.17) is 0 Å². The van der Waals surface area contributed by atoms with E-state index in [9.17, 15) is 4.55 Å². The maximum absolute atomic E-state index is 11.2. The van der Waals surface area contributed by atoms with Gasteiger partial charge in [0.1, 0.15) is 6.26 Å². The first-order valence-corrected chi connectivity index (χ1v) is 6.87. The second-order valence-corrected chi connectivity index (χ2v) is 6.54. The van der Waals surface area contributed by atoms with Crippen molar-refractivity contribution >= 4 is 11.2 Å². The Bertz CT molecular complexity index is 295. The van der Waals surface area contributed by atoms with Crippen molar-refractivity contribution in [2.75, 3.05) is 6.26 Å². The molecule has 1 aromatic rings. The summed E-state index contributed by atoms with van der Waals surface area (Å²) in [6.07, 6.45) is 3.99. The fourth-order valence-corrected chi connectivity index (χ4v) is 1.89. The van der Waals surface area contributed by atoms with Crippen LogP contribution in [0.1, 0.15) is 32.8 Å². The number of rotatable bonds is 3. The predicted molar refractivity (Wildman–Crippen MR) is 66.6 cm³/mol. The molecule has 0 heterocycles. The van der Waals surface area contributed by atoms with Crippen LogP contribution in [-0.4, -0.2) is 10.8 Å². The first kappa shape index (κ1) is 12.6. The zero-order valence-electron chi connectivity index (χ0n) is 10.0. The topological polar surface area (TPSA) is 23.1 Å². The minimum Gasteiger partial charge on any atom is -0.612 e. The van der Waals surface area contributed by atoms with Crippen LogP contribution in [0.5, 0.6) is 0 Å². The van der Waals surface area contributed by atoms with E-state index in [2.05, 4.69) is 32.9 Å². The third kappa shape index (κ3) is 4.72. The summed E-state index contributed by atoms with van der Waals surface area (Å²) in [5.41, 5.74) is 1.71. The van der Waals surface area contributed by atoms with Gasteiger partial charge in [-0.2, -0.15) is 0 Å². The van der Waals surface area contributed by atoms with Crippen LogP contribution >= 0.6 is 0 Å². The van der Waals surface area contributed by atoms with Crippen molar-refractivity contribution in [3.8, 4) is 0 Å². The van der Waals surface area contributed by atoms with E-state index < -0.39 is 11.2 Å². The van der Waals surface area contributed by atoms with E-state index in [0.29, 0.717) is 5.41 Å². The summed E-state index contributed by atoms with van der Waals surface area (Å²) < 4.78 is 11.2. The molecule has 0 aliphatic carbocycles. The molecule has 1 rings (SSSR count). The van der Waals surface area contributed by atoms with E-state index >= 15 is 0 Å². The Labute approximate surface area is 96.1 Å². The van der Waals surface area contributed by atoms with Gasteiger partial charge in [-0.3, -0.25) is 0 Å². The van der Waals surface area contributed by atoms with E-state index in [1.54, 1.807) is 6.26 Å². The van der Waals surface area contributed by atoms with Crippen LogP contribution in [0.3, 0.4) is 0 Å². The van der Waals surface area contributed by atoms with Gasteiger partial charge in [-0.1, -0.05) is 32.9 Å². The molecule has 0 aliphatic heterocycles. The summed E-state index contributed by atoms with van der Waals surface area (Å²) in [7, 11) is 0. The van der Waals surface area contributed by atoms with Crippen LogP contribution in [0.2, 0.25) is 0 Å². The van der Waals surface area contributed by atoms with Crippen molar-refractivity contribution in [1.82, 2.24) is 0 Å². The number of hydrogen-bond acceptors (Lipinski definition) is 1. The Morgan fingerprint density at radius 2 is 1.67 bits per heavy atom. The maximum Gasteiger partial charge on any atom is 0.152 e. The summed E-state index contributed by atoms with van der Waals surface area (Å²) >= 11 is -0.858. The quantitative estimate of drug-likeness (QED) is 0.722. The van der Waals surface area contributed by atoms with E-state index in [0.717, 1.165) is 11.3 Å². The lowest BCUT2D eigenvalue weighted by Crippen LogP contribution is -2.06. The molecule has 0 aromatic heterocycles. The molecule has 1 aromatic carbocycles. The van der Waals surface area contributed by atoms with Gasteiger partial charge in [-0.05, 0) is 47.1 Å². The molecule has 0 radical (unpaired) electrons. The van der Waals surface area contributed by atoms with Gasteiger partial charge in [0.2, 0.25) is 0 Å². The Kier molecular flexibility index (Phi) is 4.23. The van der Waals surface area contributed by atoms with E-state index in [1.807, 2.05) is 12.1 Å². The predicted octanol–water partition coefficient (Wildman–Crippen LogP) is 3.40. The third-order valence-electron chi connectivity index (χ3n) is 2.42. The lowest BCUT2D eigenvalue weighted by molar-refractivity contribution is 0.378. The summed E-state index contributed by atoms with van der Waals surface area (Å²) in [6, 6.07) is 8.10. The van der Waals surface area contributed by atoms with Gasteiger partial charge in [-0.15, -0.1) is 0 Å². The molecule has 1 atom stereocenters. The van der Waals surface area contributed by atoms with E-state index in [-0.39, 0.29) is 0 Å². The highest BCUT2D eigenvalue weighted by molar-refractivity contribution is 7.90. The lowest BCUT2D eigenvalue weighted by Gasteiger charge is -2.17. The molecule has 0 fully saturated rings. The van der Waals surface area contributed by atoms with Crippen LogP contribution in [0.4, 0.5) is 0 Å². The summed E-state index contributed by atoms with van der Waals surface area (Å²) in [5, 5.41) is 0. The van der Waals surface area contributed by atoms with Gasteiger partial charge in [0.15, 0.2) is 4.90 Å². The van der Waals surface area contributed by atoms with Gasteiger partial charge in [0, 0.05) is 0 Å². The Balaban J connectivity index is 2.57. The monoisotopic (exact) mass is 224 g/mol. The standard InChI is InChI=1S/C13H20OS/c1-13(2,3)10-9-11-5-7-12(8-6-11)15(4)14/h5-8H,9-10H2,1-4H3. The average molecular weight is 224 g/mol. The Hall–Kier alpha value is -0.470. The van der Waals surface area contributed by atoms with Gasteiger partial charge in [-0.25, -0.2) is 0 Å². The minimum absolute atomic E-state index is 0.381. The first-order chi connectivity index (χ1) is 6.88. The average Bonchev–Trinajstić information content (AvgIpc) is 2.14. The van der Waals surface area contributed by atoms with Crippen LogP contribution in [0.25, 0.3) is 0 Å². The second-order valence-electron chi connectivity index (χ2n) is 5.16. The summed E-state index contributed by atoms with van der Waals surface area (Å²) in [5.74, 6) is 0. The highest BCUT2D eigenvalue weighted by Crippen LogP contribution is 2.21. The zero-order chi connectivity index (χ0) is 11.5. The van der Waals surface area contributed by atoms with Gasteiger partial charge < -0.3 is 4.55 Å². The number of benzene rings is 1. The zero-order valence-corrected chi connectivity index (χ0v) is 10.9. The van der Waals surface area contributed by atoms with Crippen molar-refractivity contribution in [2.24, 2.45) is 5.41 Å². The Morgan fingerprint density at radius 1 is 1.13 bits per heavy atom. The van der Waals surface area contributed by atoms with Crippen LogP contribution in [-0.2, 0) is 17.6 Å². The highest BCUT2D eigenvalue weighted by Gasteiger charge is 2.10. The lowest BCUT2D eigenvalue weighted by atomic mass is 9.89. The molecule has 0 aliphatic rings. The second kappa shape index (κ2) is 5.04. The SMILES string of the molecule is C[S+]([O-])c1ccc(CCC(C)(C)C)cc1. The van der Waals surface area contributed by atoms with Crippen molar-refractivity contribution in [1.29, 1.82) is 0 Å². The van der Waals surface area contributed by atoms with Crippen LogP contribution in [0, 0.1) is 5.41 Å². The van der Waals surface area contributed by atoms with Crippen molar-refractivity contribution < 1.29 is 4.55 Å². The maximum atomic E-state index is 11.2. The molecule has 0 saturated carbocycles. The molecule has 0 bridgehead atoms. The smallest absolute Gasteiger partial charge is 0.152 e. The molecule has 0 saturated heterocycles. The molecule has 0 spiro atoms. The molecule has 84 valence electrons. The summed E-state index contributed by atoms with van der Waals surface area (Å²) in [4.78, 5) is 0.912. The van der Waals surface area contributed by atoms with Crippen LogP contribution in [0.15, 0.2) is 29.2 Å². The highest BCUT2D eigenvalue weighted by atomic mass is 32.2. The van der Waals surface area contributed by atoms with Gasteiger partial charge in [0.25, 0.3) is 0 Å². The molecule has 2 heteroatoms. The normalized spacial score (nSPS) is 13.9. The fraction of sp³-hybridized carbons (Fsp3) is 0.538. The fourth-order valence-electron chi connectivity index (χ4n) is 1.37. The molecule has 15 heavy (non-hydrogen) atoms. The molecule has 0 amide bonds. The Morgan fingerprint density at radius 3 is 2.07 bits per heavy atom. The molecule has 1 nitrogen and oxygen atoms in total. The van der Waals surface area contributed by atoms with Crippen molar-refractivity contribution in [3.63, 3.8) is 0 Å². The van der Waals surface area contributed by atoms with Gasteiger partial charge >= 0.3 is 0 Å².